The van der Waals surface area contributed by atoms with Crippen LogP contribution in [0.2, 0.25) is 0 Å². The van der Waals surface area contributed by atoms with E-state index < -0.39 is 0 Å². The van der Waals surface area contributed by atoms with Gasteiger partial charge < -0.3 is 0 Å². The van der Waals surface area contributed by atoms with Crippen LogP contribution in [0.15, 0.2) is 0 Å². The number of hydrogen-bond acceptors (Lipinski definition) is 0. The lowest BCUT2D eigenvalue weighted by molar-refractivity contribution is 1.22. The molecule has 0 heterocycles. The molecular weight excluding hydrogens is 443 g/mol. The van der Waals surface area contributed by atoms with Crippen LogP contribution in [0.5, 0.6) is 0 Å². The molecule has 0 aliphatic rings. The normalized spacial score (nSPS) is 10.6. The third kappa shape index (κ3) is 4.01. The van der Waals surface area contributed by atoms with Gasteiger partial charge in [-0.25, -0.2) is 0 Å². The molecular formula is C36H39B. The van der Waals surface area contributed by atoms with E-state index >= 15 is 0 Å². The minimum absolute atomic E-state index is 0.0256. The molecule has 37 heavy (non-hydrogen) atoms. The molecule has 0 spiro atoms. The van der Waals surface area contributed by atoms with E-state index in [-0.39, 0.29) is 6.71 Å². The summed E-state index contributed by atoms with van der Waals surface area (Å²) >= 11 is 0. The van der Waals surface area contributed by atoms with Crippen LogP contribution in [0.3, 0.4) is 0 Å². The fourth-order valence-electron chi connectivity index (χ4n) is 6.41. The topological polar surface area (TPSA) is 0 Å². The van der Waals surface area contributed by atoms with Crippen LogP contribution in [0.25, 0.3) is 0 Å². The zero-order valence-corrected chi connectivity index (χ0v) is 24.8. The summed E-state index contributed by atoms with van der Waals surface area (Å²) in [5.41, 5.74) is 21.6. The third-order valence-corrected chi connectivity index (χ3v) is 9.35. The van der Waals surface area contributed by atoms with E-state index in [1.807, 2.05) is 0 Å². The second kappa shape index (κ2) is 10.0. The van der Waals surface area contributed by atoms with Crippen molar-refractivity contribution in [2.75, 3.05) is 0 Å². The Morgan fingerprint density at radius 2 is 0.486 bits per heavy atom. The minimum Gasteiger partial charge on any atom is -0.115 e. The van der Waals surface area contributed by atoms with Gasteiger partial charge in [0.2, 0.25) is 6.71 Å². The first-order chi connectivity index (χ1) is 17.3. The van der Waals surface area contributed by atoms with E-state index in [4.69, 9.17) is 19.3 Å². The lowest BCUT2D eigenvalue weighted by Gasteiger charge is -2.31. The van der Waals surface area contributed by atoms with E-state index in [2.05, 4.69) is 101 Å². The largest absolute Gasteiger partial charge is 0.243 e. The summed E-state index contributed by atoms with van der Waals surface area (Å²) in [5, 5.41) is 0. The molecule has 186 valence electrons. The molecule has 0 unspecified atom stereocenters. The first-order valence-electron chi connectivity index (χ1n) is 13.0. The average molecular weight is 483 g/mol. The molecule has 0 nitrogen and oxygen atoms in total. The smallest absolute Gasteiger partial charge is 0.115 e. The van der Waals surface area contributed by atoms with E-state index in [0.717, 1.165) is 16.7 Å². The Balaban J connectivity index is 2.72. The van der Waals surface area contributed by atoms with Gasteiger partial charge in [0.1, 0.15) is 0 Å². The van der Waals surface area contributed by atoms with E-state index in [9.17, 15) is 0 Å². The van der Waals surface area contributed by atoms with Crippen molar-refractivity contribution in [1.29, 1.82) is 0 Å². The Hall–Kier alpha value is -3.60. The van der Waals surface area contributed by atoms with Crippen molar-refractivity contribution >= 4 is 23.1 Å². The van der Waals surface area contributed by atoms with Crippen LogP contribution in [0.4, 0.5) is 0 Å². The summed E-state index contributed by atoms with van der Waals surface area (Å²) in [6.07, 6.45) is 18.0. The summed E-state index contributed by atoms with van der Waals surface area (Å²) in [6, 6.07) is 0. The van der Waals surface area contributed by atoms with Crippen LogP contribution in [0, 0.1) is 120 Å². The molecule has 0 aromatic heterocycles. The van der Waals surface area contributed by atoms with Crippen LogP contribution in [0.1, 0.15) is 83.5 Å². The first kappa shape index (κ1) is 28.0. The molecule has 3 aromatic carbocycles. The minimum atomic E-state index is 0.0256. The highest BCUT2D eigenvalue weighted by atomic mass is 14.2. The third-order valence-electron chi connectivity index (χ3n) is 9.35. The standard InChI is InChI=1S/C36H39B/c1-16-31-19(4)25(10)34(26(11)20(31)5)37(35-27(12)21(6)32(17-2)22(7)28(35)13)36-29(14)23(8)33(18-3)24(9)30(36)15/h1-3H,4-15H3. The molecule has 3 aromatic rings. The number of hydrogen-bond donors (Lipinski definition) is 0. The van der Waals surface area contributed by atoms with Crippen molar-refractivity contribution in [2.24, 2.45) is 0 Å². The van der Waals surface area contributed by atoms with Gasteiger partial charge in [0.15, 0.2) is 0 Å². The first-order valence-corrected chi connectivity index (χ1v) is 13.0. The molecule has 0 amide bonds. The van der Waals surface area contributed by atoms with Gasteiger partial charge in [-0.3, -0.25) is 0 Å². The maximum atomic E-state index is 5.99. The number of rotatable bonds is 3. The molecule has 1 heteroatoms. The molecule has 0 radical (unpaired) electrons. The van der Waals surface area contributed by atoms with Crippen molar-refractivity contribution in [3.63, 3.8) is 0 Å². The highest BCUT2D eigenvalue weighted by Crippen LogP contribution is 2.26. The van der Waals surface area contributed by atoms with E-state index in [1.54, 1.807) is 0 Å². The lowest BCUT2D eigenvalue weighted by atomic mass is 9.32. The summed E-state index contributed by atoms with van der Waals surface area (Å²) in [7, 11) is 0. The maximum absolute atomic E-state index is 5.99. The van der Waals surface area contributed by atoms with Gasteiger partial charge in [-0.1, -0.05) is 67.5 Å². The van der Waals surface area contributed by atoms with E-state index in [0.29, 0.717) is 0 Å². The zero-order chi connectivity index (χ0) is 28.1. The molecule has 0 aliphatic heterocycles. The van der Waals surface area contributed by atoms with E-state index in [1.165, 1.54) is 83.1 Å². The highest BCUT2D eigenvalue weighted by Gasteiger charge is 2.35. The molecule has 0 fully saturated rings. The van der Waals surface area contributed by atoms with Gasteiger partial charge in [0.05, 0.1) is 0 Å². The van der Waals surface area contributed by atoms with Gasteiger partial charge in [-0.2, -0.15) is 0 Å². The summed E-state index contributed by atoms with van der Waals surface area (Å²) < 4.78 is 0. The fourth-order valence-corrected chi connectivity index (χ4v) is 6.41. The molecule has 0 saturated heterocycles. The summed E-state index contributed by atoms with van der Waals surface area (Å²) in [6.45, 7) is 26.3. The lowest BCUT2D eigenvalue weighted by Crippen LogP contribution is -2.58. The molecule has 0 atom stereocenters. The van der Waals surface area contributed by atoms with Crippen molar-refractivity contribution in [3.8, 4) is 37.0 Å². The van der Waals surface area contributed by atoms with Gasteiger partial charge in [0.25, 0.3) is 0 Å². The molecule has 0 bridgehead atoms. The van der Waals surface area contributed by atoms with Crippen molar-refractivity contribution in [2.45, 2.75) is 83.1 Å². The quantitative estimate of drug-likeness (QED) is 0.325. The molecule has 3 rings (SSSR count). The zero-order valence-electron chi connectivity index (χ0n) is 24.8. The predicted molar refractivity (Wildman–Crippen MR) is 165 cm³/mol. The van der Waals surface area contributed by atoms with Crippen molar-refractivity contribution < 1.29 is 0 Å². The number of benzene rings is 3. The fraction of sp³-hybridized carbons (Fsp3) is 0.333. The Morgan fingerprint density at radius 3 is 0.622 bits per heavy atom. The SMILES string of the molecule is C#Cc1c(C)c(C)c(B(c2c(C)c(C)c(C#C)c(C)c2C)c2c(C)c(C)c(C#C)c(C)c2C)c(C)c1C. The molecule has 0 N–H and O–H groups in total. The van der Waals surface area contributed by atoms with Gasteiger partial charge >= 0.3 is 0 Å². The monoisotopic (exact) mass is 482 g/mol. The van der Waals surface area contributed by atoms with Gasteiger partial charge in [0, 0.05) is 16.7 Å². The van der Waals surface area contributed by atoms with Gasteiger partial charge in [-0.15, -0.1) is 19.3 Å². The van der Waals surface area contributed by atoms with Crippen LogP contribution < -0.4 is 16.4 Å². The van der Waals surface area contributed by atoms with Crippen molar-refractivity contribution in [1.82, 2.24) is 0 Å². The maximum Gasteiger partial charge on any atom is 0.243 e. The Morgan fingerprint density at radius 1 is 0.324 bits per heavy atom. The van der Waals surface area contributed by atoms with Crippen LogP contribution in [-0.2, 0) is 0 Å². The highest BCUT2D eigenvalue weighted by molar-refractivity contribution is 6.97. The Bertz CT molecular complexity index is 1320. The van der Waals surface area contributed by atoms with Gasteiger partial charge in [-0.05, 0) is 116 Å². The second-order valence-corrected chi connectivity index (χ2v) is 10.7. The molecule has 0 saturated carbocycles. The number of terminal acetylenes is 3. The Labute approximate surface area is 226 Å². The summed E-state index contributed by atoms with van der Waals surface area (Å²) in [4.78, 5) is 0. The van der Waals surface area contributed by atoms with Crippen molar-refractivity contribution in [3.05, 3.63) is 83.5 Å². The summed E-state index contributed by atoms with van der Waals surface area (Å²) in [5.74, 6) is 8.88. The average Bonchev–Trinajstić information content (AvgIpc) is 2.86. The Kier molecular flexibility index (Phi) is 7.60. The van der Waals surface area contributed by atoms with Crippen LogP contribution >= 0.6 is 0 Å². The molecule has 0 aliphatic carbocycles. The van der Waals surface area contributed by atoms with Crippen LogP contribution in [-0.4, -0.2) is 6.71 Å². The second-order valence-electron chi connectivity index (χ2n) is 10.7. The predicted octanol–water partition coefficient (Wildman–Crippen LogP) is 5.85.